The number of benzene rings is 1. The van der Waals surface area contributed by atoms with Crippen LogP contribution in [0.15, 0.2) is 55.0 Å². The number of pyridine rings is 1. The molecule has 8 heteroatoms. The van der Waals surface area contributed by atoms with Crippen LogP contribution in [-0.2, 0) is 17.9 Å². The van der Waals surface area contributed by atoms with Crippen LogP contribution < -0.4 is 5.32 Å². The van der Waals surface area contributed by atoms with Gasteiger partial charge >= 0.3 is 6.03 Å². The van der Waals surface area contributed by atoms with Crippen LogP contribution in [0.5, 0.6) is 0 Å². The van der Waals surface area contributed by atoms with Crippen molar-refractivity contribution >= 4 is 28.5 Å². The normalized spacial score (nSPS) is 14.6. The van der Waals surface area contributed by atoms with Crippen molar-refractivity contribution in [2.75, 3.05) is 45.6 Å². The molecule has 0 saturated carbocycles. The third kappa shape index (κ3) is 5.03. The lowest BCUT2D eigenvalue weighted by Gasteiger charge is -2.34. The van der Waals surface area contributed by atoms with Gasteiger partial charge < -0.3 is 19.7 Å². The molecule has 0 unspecified atom stereocenters. The molecular weight excluding hydrogens is 392 g/mol. The van der Waals surface area contributed by atoms with Crippen molar-refractivity contribution in [1.29, 1.82) is 0 Å². The molecule has 2 aromatic heterocycles. The van der Waals surface area contributed by atoms with E-state index in [0.717, 1.165) is 36.2 Å². The van der Waals surface area contributed by atoms with Crippen molar-refractivity contribution in [3.8, 4) is 0 Å². The topological polar surface area (TPSA) is 73.7 Å². The molecule has 4 rings (SSSR count). The van der Waals surface area contributed by atoms with E-state index in [1.807, 2.05) is 52.2 Å². The van der Waals surface area contributed by atoms with Crippen LogP contribution in [-0.4, -0.2) is 76.5 Å². The van der Waals surface area contributed by atoms with Gasteiger partial charge in [0.15, 0.2) is 0 Å². The van der Waals surface area contributed by atoms with E-state index in [2.05, 4.69) is 21.3 Å². The molecule has 1 saturated heterocycles. The average Bonchev–Trinajstić information content (AvgIpc) is 3.16. The molecule has 0 spiro atoms. The highest BCUT2D eigenvalue weighted by molar-refractivity contribution is 5.93. The van der Waals surface area contributed by atoms with E-state index in [0.29, 0.717) is 19.6 Å². The molecule has 1 aromatic carbocycles. The lowest BCUT2D eigenvalue weighted by molar-refractivity contribution is -0.129. The highest BCUT2D eigenvalue weighted by Crippen LogP contribution is 2.21. The Kier molecular flexibility index (Phi) is 6.18. The second kappa shape index (κ2) is 9.18. The van der Waals surface area contributed by atoms with Crippen LogP contribution in [0.4, 0.5) is 10.5 Å². The van der Waals surface area contributed by atoms with Gasteiger partial charge in [-0.1, -0.05) is 6.07 Å². The number of fused-ring (bicyclic) bond motifs is 1. The van der Waals surface area contributed by atoms with E-state index < -0.39 is 0 Å². The van der Waals surface area contributed by atoms with Crippen molar-refractivity contribution in [2.45, 2.75) is 13.1 Å². The summed E-state index contributed by atoms with van der Waals surface area (Å²) in [7, 11) is 3.50. The summed E-state index contributed by atoms with van der Waals surface area (Å²) in [4.78, 5) is 34.7. The van der Waals surface area contributed by atoms with Gasteiger partial charge in [0.2, 0.25) is 5.91 Å². The summed E-state index contributed by atoms with van der Waals surface area (Å²) >= 11 is 0. The van der Waals surface area contributed by atoms with Crippen molar-refractivity contribution in [1.82, 2.24) is 24.3 Å². The molecule has 3 aromatic rings. The van der Waals surface area contributed by atoms with Crippen molar-refractivity contribution < 1.29 is 9.59 Å². The summed E-state index contributed by atoms with van der Waals surface area (Å²) in [5.74, 6) is 0.0394. The van der Waals surface area contributed by atoms with E-state index >= 15 is 0 Å². The molecule has 1 aliphatic heterocycles. The molecule has 0 aliphatic carbocycles. The lowest BCUT2D eigenvalue weighted by Crippen LogP contribution is -2.49. The van der Waals surface area contributed by atoms with E-state index in [1.165, 1.54) is 5.56 Å². The number of carbonyl (C=O) groups excluding carboxylic acids is 2. The van der Waals surface area contributed by atoms with E-state index in [1.54, 1.807) is 25.2 Å². The largest absolute Gasteiger partial charge is 0.347 e. The molecule has 8 nitrogen and oxygen atoms in total. The monoisotopic (exact) mass is 420 g/mol. The summed E-state index contributed by atoms with van der Waals surface area (Å²) < 4.78 is 1.92. The zero-order valence-electron chi connectivity index (χ0n) is 18.0. The Labute approximate surface area is 182 Å². The SMILES string of the molecule is CN(C)C(=O)Cn1ccc2cc(NC(=O)N3CCN(Cc4cccnc4)CC3)ccc21. The maximum Gasteiger partial charge on any atom is 0.321 e. The molecule has 0 bridgehead atoms. The van der Waals surface area contributed by atoms with Crippen LogP contribution in [0.1, 0.15) is 5.56 Å². The van der Waals surface area contributed by atoms with Crippen LogP contribution >= 0.6 is 0 Å². The number of urea groups is 1. The number of amides is 3. The predicted molar refractivity (Wildman–Crippen MR) is 121 cm³/mol. The van der Waals surface area contributed by atoms with Gasteiger partial charge in [-0.05, 0) is 35.9 Å². The van der Waals surface area contributed by atoms with Crippen molar-refractivity contribution in [3.05, 3.63) is 60.6 Å². The first-order chi connectivity index (χ1) is 15.0. The summed E-state index contributed by atoms with van der Waals surface area (Å²) in [6, 6.07) is 11.7. The van der Waals surface area contributed by atoms with Crippen LogP contribution in [0.25, 0.3) is 10.9 Å². The molecule has 0 atom stereocenters. The number of anilines is 1. The summed E-state index contributed by atoms with van der Waals surface area (Å²) in [6.07, 6.45) is 5.57. The number of nitrogens with one attached hydrogen (secondary N) is 1. The first-order valence-corrected chi connectivity index (χ1v) is 10.5. The number of likely N-dealkylation sites (N-methyl/N-ethyl adjacent to an activating group) is 1. The van der Waals surface area contributed by atoms with E-state index in [9.17, 15) is 9.59 Å². The average molecular weight is 421 g/mol. The summed E-state index contributed by atoms with van der Waals surface area (Å²) in [5, 5.41) is 4.00. The maximum atomic E-state index is 12.7. The second-order valence-corrected chi connectivity index (χ2v) is 8.06. The van der Waals surface area contributed by atoms with Gasteiger partial charge in [0.25, 0.3) is 0 Å². The molecular formula is C23H28N6O2. The van der Waals surface area contributed by atoms with Gasteiger partial charge in [0.05, 0.1) is 0 Å². The Hall–Kier alpha value is -3.39. The smallest absolute Gasteiger partial charge is 0.321 e. The minimum atomic E-state index is -0.0809. The Morgan fingerprint density at radius 3 is 2.61 bits per heavy atom. The molecule has 3 amide bonds. The highest BCUT2D eigenvalue weighted by atomic mass is 16.2. The number of carbonyl (C=O) groups is 2. The number of hydrogen-bond acceptors (Lipinski definition) is 4. The quantitative estimate of drug-likeness (QED) is 0.688. The number of hydrogen-bond donors (Lipinski definition) is 1. The fourth-order valence-electron chi connectivity index (χ4n) is 3.76. The minimum absolute atomic E-state index is 0.0394. The van der Waals surface area contributed by atoms with Gasteiger partial charge in [0, 0.05) is 82.0 Å². The molecule has 1 N–H and O–H groups in total. The first kappa shape index (κ1) is 20.9. The predicted octanol–water partition coefficient (Wildman–Crippen LogP) is 2.47. The van der Waals surface area contributed by atoms with Crippen molar-refractivity contribution in [3.63, 3.8) is 0 Å². The van der Waals surface area contributed by atoms with Crippen LogP contribution in [0.3, 0.4) is 0 Å². The Balaban J connectivity index is 1.33. The molecule has 162 valence electrons. The minimum Gasteiger partial charge on any atom is -0.347 e. The Morgan fingerprint density at radius 2 is 1.90 bits per heavy atom. The van der Waals surface area contributed by atoms with Gasteiger partial charge in [-0.15, -0.1) is 0 Å². The number of aromatic nitrogens is 2. The molecule has 1 aliphatic rings. The molecule has 3 heterocycles. The summed E-state index contributed by atoms with van der Waals surface area (Å²) in [6.45, 7) is 4.21. The zero-order valence-corrected chi connectivity index (χ0v) is 18.0. The standard InChI is InChI=1S/C23H28N6O2/c1-26(2)22(30)17-29-9-7-19-14-20(5-6-21(19)29)25-23(31)28-12-10-27(11-13-28)16-18-4-3-8-24-15-18/h3-9,14-15H,10-13,16-17H2,1-2H3,(H,25,31). The number of piperazine rings is 1. The van der Waals surface area contributed by atoms with Crippen LogP contribution in [0.2, 0.25) is 0 Å². The van der Waals surface area contributed by atoms with Gasteiger partial charge in [-0.25, -0.2) is 4.79 Å². The highest BCUT2D eigenvalue weighted by Gasteiger charge is 2.21. The van der Waals surface area contributed by atoms with Gasteiger partial charge in [-0.2, -0.15) is 0 Å². The Morgan fingerprint density at radius 1 is 1.10 bits per heavy atom. The van der Waals surface area contributed by atoms with E-state index in [4.69, 9.17) is 0 Å². The summed E-state index contributed by atoms with van der Waals surface area (Å²) in [5.41, 5.74) is 2.91. The number of rotatable bonds is 5. The number of nitrogens with zero attached hydrogens (tertiary/aromatic N) is 5. The molecule has 0 radical (unpaired) electrons. The third-order valence-corrected chi connectivity index (χ3v) is 5.62. The second-order valence-electron chi connectivity index (χ2n) is 8.06. The van der Waals surface area contributed by atoms with E-state index in [-0.39, 0.29) is 11.9 Å². The zero-order chi connectivity index (χ0) is 21.8. The molecule has 31 heavy (non-hydrogen) atoms. The molecule has 1 fully saturated rings. The fourth-order valence-corrected chi connectivity index (χ4v) is 3.76. The van der Waals surface area contributed by atoms with Gasteiger partial charge in [0.1, 0.15) is 6.54 Å². The third-order valence-electron chi connectivity index (χ3n) is 5.62. The fraction of sp³-hybridized carbons (Fsp3) is 0.348. The lowest BCUT2D eigenvalue weighted by atomic mass is 10.2. The maximum absolute atomic E-state index is 12.7. The first-order valence-electron chi connectivity index (χ1n) is 10.5. The van der Waals surface area contributed by atoms with Crippen molar-refractivity contribution in [2.24, 2.45) is 0 Å². The van der Waals surface area contributed by atoms with Gasteiger partial charge in [-0.3, -0.25) is 14.7 Å². The Bertz CT molecular complexity index is 1050. The van der Waals surface area contributed by atoms with Crippen LogP contribution in [0, 0.1) is 0 Å².